The van der Waals surface area contributed by atoms with E-state index in [-0.39, 0.29) is 11.1 Å². The quantitative estimate of drug-likeness (QED) is 0.403. The number of pyridine rings is 1. The van der Waals surface area contributed by atoms with E-state index in [0.29, 0.717) is 0 Å². The first-order valence-electron chi connectivity index (χ1n) is 4.27. The lowest BCUT2D eigenvalue weighted by atomic mass is 10.0. The van der Waals surface area contributed by atoms with Gasteiger partial charge in [0, 0.05) is 6.07 Å². The second-order valence-electron chi connectivity index (χ2n) is 3.39. The van der Waals surface area contributed by atoms with E-state index in [1.165, 1.54) is 12.3 Å². The molecule has 0 radical (unpaired) electrons. The van der Waals surface area contributed by atoms with Crippen molar-refractivity contribution in [3.05, 3.63) is 34.1 Å². The first kappa shape index (κ1) is 8.70. The number of nitrogens with zero attached hydrogens (tertiary/aromatic N) is 2. The summed E-state index contributed by atoms with van der Waals surface area (Å²) in [6.45, 7) is 0. The van der Waals surface area contributed by atoms with Crippen molar-refractivity contribution in [1.29, 1.82) is 0 Å². The Morgan fingerprint density at radius 2 is 2.29 bits per heavy atom. The molecule has 1 aromatic rings. The van der Waals surface area contributed by atoms with Gasteiger partial charge in [0.25, 0.3) is 5.69 Å². The Bertz CT molecular complexity index is 413. The van der Waals surface area contributed by atoms with Gasteiger partial charge < -0.3 is 0 Å². The van der Waals surface area contributed by atoms with E-state index < -0.39 is 4.92 Å². The van der Waals surface area contributed by atoms with Gasteiger partial charge >= 0.3 is 0 Å². The monoisotopic (exact) mass is 188 g/mol. The van der Waals surface area contributed by atoms with Crippen LogP contribution in [0.25, 0.3) is 0 Å². The molecule has 70 valence electrons. The van der Waals surface area contributed by atoms with E-state index in [1.54, 1.807) is 6.07 Å². The molecule has 0 aromatic carbocycles. The fraction of sp³-hybridized carbons (Fsp3) is 0.300. The Hall–Kier alpha value is -1.89. The molecule has 0 amide bonds. The minimum Gasteiger partial charge on any atom is -0.258 e. The molecule has 0 unspecified atom stereocenters. The number of nitro groups is 1. The third-order valence-corrected chi connectivity index (χ3v) is 2.48. The van der Waals surface area contributed by atoms with Gasteiger partial charge in [-0.2, -0.15) is 0 Å². The van der Waals surface area contributed by atoms with Crippen LogP contribution in [-0.4, -0.2) is 9.91 Å². The van der Waals surface area contributed by atoms with Crippen LogP contribution in [0.1, 0.15) is 18.5 Å². The summed E-state index contributed by atoms with van der Waals surface area (Å²) in [4.78, 5) is 13.9. The highest BCUT2D eigenvalue weighted by Crippen LogP contribution is 2.46. The molecule has 1 aliphatic carbocycles. The summed E-state index contributed by atoms with van der Waals surface area (Å²) in [7, 11) is 0. The van der Waals surface area contributed by atoms with E-state index >= 15 is 0 Å². The van der Waals surface area contributed by atoms with Crippen LogP contribution in [0.5, 0.6) is 0 Å². The topological polar surface area (TPSA) is 56.0 Å². The number of terminal acetylenes is 1. The molecule has 0 spiro atoms. The Labute approximate surface area is 81.1 Å². The van der Waals surface area contributed by atoms with Crippen molar-refractivity contribution in [2.24, 2.45) is 0 Å². The van der Waals surface area contributed by atoms with Crippen molar-refractivity contribution < 1.29 is 4.92 Å². The summed E-state index contributed by atoms with van der Waals surface area (Å²) in [5.41, 5.74) is 0.530. The minimum absolute atomic E-state index is 0.00146. The summed E-state index contributed by atoms with van der Waals surface area (Å²) >= 11 is 0. The van der Waals surface area contributed by atoms with Crippen LogP contribution in [0.3, 0.4) is 0 Å². The smallest absolute Gasteiger partial charge is 0.258 e. The molecule has 1 aliphatic rings. The maximum Gasteiger partial charge on any atom is 0.287 e. The Morgan fingerprint density at radius 3 is 2.64 bits per heavy atom. The molecule has 1 fully saturated rings. The van der Waals surface area contributed by atoms with Crippen LogP contribution in [-0.2, 0) is 5.41 Å². The zero-order valence-electron chi connectivity index (χ0n) is 7.43. The van der Waals surface area contributed by atoms with Crippen LogP contribution >= 0.6 is 0 Å². The van der Waals surface area contributed by atoms with Crippen molar-refractivity contribution >= 4 is 5.69 Å². The average Bonchev–Trinajstić information content (AvgIpc) is 2.99. The fourth-order valence-corrected chi connectivity index (χ4v) is 1.38. The molecule has 2 rings (SSSR count). The SMILES string of the molecule is C#CC1(c2ccc([N+](=O)[O-])cn2)CC1. The van der Waals surface area contributed by atoms with Gasteiger partial charge in [-0.3, -0.25) is 15.1 Å². The van der Waals surface area contributed by atoms with Gasteiger partial charge in [-0.25, -0.2) is 0 Å². The van der Waals surface area contributed by atoms with E-state index in [4.69, 9.17) is 6.42 Å². The van der Waals surface area contributed by atoms with Gasteiger partial charge in [-0.15, -0.1) is 6.42 Å². The Kier molecular flexibility index (Phi) is 1.74. The molecule has 0 aliphatic heterocycles. The number of hydrogen-bond acceptors (Lipinski definition) is 3. The molecule has 4 heteroatoms. The molecule has 4 nitrogen and oxygen atoms in total. The van der Waals surface area contributed by atoms with E-state index in [9.17, 15) is 10.1 Å². The fourth-order valence-electron chi connectivity index (χ4n) is 1.38. The first-order valence-corrected chi connectivity index (χ1v) is 4.27. The second kappa shape index (κ2) is 2.81. The summed E-state index contributed by atoms with van der Waals surface area (Å²) in [6, 6.07) is 3.09. The zero-order valence-corrected chi connectivity index (χ0v) is 7.43. The second-order valence-corrected chi connectivity index (χ2v) is 3.39. The molecule has 0 bridgehead atoms. The van der Waals surface area contributed by atoms with Gasteiger partial charge in [-0.05, 0) is 18.9 Å². The van der Waals surface area contributed by atoms with E-state index in [2.05, 4.69) is 10.9 Å². The summed E-state index contributed by atoms with van der Waals surface area (Å²) in [6.07, 6.45) is 8.48. The lowest BCUT2D eigenvalue weighted by Gasteiger charge is -2.04. The predicted molar refractivity (Wildman–Crippen MR) is 50.6 cm³/mol. The van der Waals surface area contributed by atoms with Crippen LogP contribution < -0.4 is 0 Å². The van der Waals surface area contributed by atoms with Crippen molar-refractivity contribution in [3.8, 4) is 12.3 Å². The molecule has 14 heavy (non-hydrogen) atoms. The Morgan fingerprint density at radius 1 is 1.57 bits per heavy atom. The molecular formula is C10H8N2O2. The normalized spacial score (nSPS) is 17.1. The average molecular weight is 188 g/mol. The first-order chi connectivity index (χ1) is 6.68. The molecule has 0 N–H and O–H groups in total. The van der Waals surface area contributed by atoms with E-state index in [1.807, 2.05) is 0 Å². The molecule has 0 atom stereocenters. The molecule has 1 saturated carbocycles. The van der Waals surface area contributed by atoms with Gasteiger partial charge in [0.2, 0.25) is 0 Å². The van der Waals surface area contributed by atoms with Crippen LogP contribution in [0.4, 0.5) is 5.69 Å². The van der Waals surface area contributed by atoms with E-state index in [0.717, 1.165) is 18.5 Å². The summed E-state index contributed by atoms with van der Waals surface area (Å²) in [5, 5.41) is 10.4. The lowest BCUT2D eigenvalue weighted by Crippen LogP contribution is -2.05. The predicted octanol–water partition coefficient (Wildman–Crippen LogP) is 1.65. The van der Waals surface area contributed by atoms with Crippen LogP contribution in [0.15, 0.2) is 18.3 Å². The molecule has 0 saturated heterocycles. The number of hydrogen-bond donors (Lipinski definition) is 0. The largest absolute Gasteiger partial charge is 0.287 e. The highest BCUT2D eigenvalue weighted by Gasteiger charge is 2.44. The Balaban J connectivity index is 2.32. The van der Waals surface area contributed by atoms with Crippen molar-refractivity contribution in [2.75, 3.05) is 0 Å². The number of aromatic nitrogens is 1. The van der Waals surface area contributed by atoms with Crippen molar-refractivity contribution in [1.82, 2.24) is 4.98 Å². The van der Waals surface area contributed by atoms with Crippen LogP contribution in [0.2, 0.25) is 0 Å². The van der Waals surface area contributed by atoms with Gasteiger partial charge in [-0.1, -0.05) is 5.92 Å². The molecule has 1 aromatic heterocycles. The van der Waals surface area contributed by atoms with Gasteiger partial charge in [0.05, 0.1) is 16.0 Å². The minimum atomic E-state index is -0.466. The summed E-state index contributed by atoms with van der Waals surface area (Å²) < 4.78 is 0. The molecular weight excluding hydrogens is 180 g/mol. The lowest BCUT2D eigenvalue weighted by molar-refractivity contribution is -0.385. The highest BCUT2D eigenvalue weighted by atomic mass is 16.6. The summed E-state index contributed by atoms with van der Waals surface area (Å²) in [5.74, 6) is 2.69. The van der Waals surface area contributed by atoms with Gasteiger partial charge in [0.15, 0.2) is 0 Å². The highest BCUT2D eigenvalue weighted by molar-refractivity contribution is 5.39. The zero-order chi connectivity index (χ0) is 10.2. The third-order valence-electron chi connectivity index (χ3n) is 2.48. The van der Waals surface area contributed by atoms with Crippen LogP contribution in [0, 0.1) is 22.5 Å². The van der Waals surface area contributed by atoms with Gasteiger partial charge in [0.1, 0.15) is 6.20 Å². The third kappa shape index (κ3) is 1.23. The maximum absolute atomic E-state index is 10.4. The number of rotatable bonds is 2. The van der Waals surface area contributed by atoms with Crippen molar-refractivity contribution in [3.63, 3.8) is 0 Å². The van der Waals surface area contributed by atoms with Crippen molar-refractivity contribution in [2.45, 2.75) is 18.3 Å². The standard InChI is InChI=1S/C10H8N2O2/c1-2-10(5-6-10)9-4-3-8(7-11-9)12(13)14/h1,3-4,7H,5-6H2. The maximum atomic E-state index is 10.4. The molecule has 1 heterocycles.